The molecule has 7 N–H and O–H groups in total. The Morgan fingerprint density at radius 2 is 1.63 bits per heavy atom. The summed E-state index contributed by atoms with van der Waals surface area (Å²) in [6, 6.07) is 9.52. The standard InChI is InChI=1S/C26H36O12/c1-34-18-11-15(6-7-16(18)29)22(30)20(12-27)37-17-8-5-14(10-19(17)35-2)4-3-9-36-26-25(33)24(32)23(31)21(13-28)38-26/h5-8,10-11,20-33H,3-4,9,12-13H2,1-2H3/t20-,21+,22+,23-,24-,25-,26+/m1/s1. The van der Waals surface area contributed by atoms with Crippen LogP contribution in [-0.2, 0) is 15.9 Å². The van der Waals surface area contributed by atoms with Gasteiger partial charge in [-0.15, -0.1) is 0 Å². The Morgan fingerprint density at radius 3 is 2.29 bits per heavy atom. The van der Waals surface area contributed by atoms with Crippen LogP contribution in [0.2, 0.25) is 0 Å². The van der Waals surface area contributed by atoms with E-state index in [9.17, 15) is 35.7 Å². The third-order valence-corrected chi connectivity index (χ3v) is 6.32. The lowest BCUT2D eigenvalue weighted by molar-refractivity contribution is -0.301. The molecule has 12 nitrogen and oxygen atoms in total. The number of phenolic OH excluding ortho intramolecular Hbond substituents is 1. The van der Waals surface area contributed by atoms with Gasteiger partial charge in [0.2, 0.25) is 0 Å². The Balaban J connectivity index is 1.58. The fourth-order valence-corrected chi connectivity index (χ4v) is 4.10. The molecule has 0 unspecified atom stereocenters. The first-order valence-electron chi connectivity index (χ1n) is 12.2. The Kier molecular flexibility index (Phi) is 10.9. The molecule has 1 saturated heterocycles. The van der Waals surface area contributed by atoms with Gasteiger partial charge >= 0.3 is 0 Å². The van der Waals surface area contributed by atoms with Crippen LogP contribution >= 0.6 is 0 Å². The first-order chi connectivity index (χ1) is 18.2. The molecule has 2 aromatic rings. The maximum Gasteiger partial charge on any atom is 0.186 e. The molecule has 0 bridgehead atoms. The number of phenols is 1. The Bertz CT molecular complexity index is 1020. The molecule has 0 spiro atoms. The van der Waals surface area contributed by atoms with Crippen LogP contribution in [0.15, 0.2) is 36.4 Å². The summed E-state index contributed by atoms with van der Waals surface area (Å²) in [5.41, 5.74) is 1.25. The number of aromatic hydroxyl groups is 1. The topological polar surface area (TPSA) is 188 Å². The zero-order valence-electron chi connectivity index (χ0n) is 21.2. The molecular weight excluding hydrogens is 504 g/mol. The summed E-state index contributed by atoms with van der Waals surface area (Å²) in [6.07, 6.45) is -7.82. The van der Waals surface area contributed by atoms with Gasteiger partial charge in [0, 0.05) is 0 Å². The van der Waals surface area contributed by atoms with E-state index in [0.717, 1.165) is 5.56 Å². The van der Waals surface area contributed by atoms with E-state index < -0.39 is 56.1 Å². The number of hydrogen-bond acceptors (Lipinski definition) is 12. The van der Waals surface area contributed by atoms with Crippen molar-refractivity contribution in [3.05, 3.63) is 47.5 Å². The van der Waals surface area contributed by atoms with Crippen molar-refractivity contribution in [2.24, 2.45) is 0 Å². The van der Waals surface area contributed by atoms with Gasteiger partial charge in [0.1, 0.15) is 30.5 Å². The van der Waals surface area contributed by atoms with Gasteiger partial charge < -0.3 is 59.4 Å². The minimum Gasteiger partial charge on any atom is -0.504 e. The smallest absolute Gasteiger partial charge is 0.186 e. The van der Waals surface area contributed by atoms with Crippen molar-refractivity contribution in [1.82, 2.24) is 0 Å². The van der Waals surface area contributed by atoms with Crippen LogP contribution in [-0.4, -0.2) is 107 Å². The average molecular weight is 541 g/mol. The fourth-order valence-electron chi connectivity index (χ4n) is 4.10. The van der Waals surface area contributed by atoms with Crippen LogP contribution in [0, 0.1) is 0 Å². The van der Waals surface area contributed by atoms with Gasteiger partial charge in [-0.3, -0.25) is 0 Å². The zero-order valence-corrected chi connectivity index (χ0v) is 21.2. The van der Waals surface area contributed by atoms with Gasteiger partial charge in [-0.1, -0.05) is 12.1 Å². The summed E-state index contributed by atoms with van der Waals surface area (Å²) in [5.74, 6) is 0.778. The minimum atomic E-state index is -1.50. The van der Waals surface area contributed by atoms with E-state index in [4.69, 9.17) is 23.7 Å². The zero-order chi connectivity index (χ0) is 27.8. The molecule has 2 aromatic carbocycles. The van der Waals surface area contributed by atoms with Gasteiger partial charge in [-0.25, -0.2) is 0 Å². The van der Waals surface area contributed by atoms with E-state index in [0.29, 0.717) is 29.9 Å². The molecule has 0 aliphatic carbocycles. The van der Waals surface area contributed by atoms with Gasteiger partial charge in [0.25, 0.3) is 0 Å². The van der Waals surface area contributed by atoms with Gasteiger partial charge in [-0.05, 0) is 48.2 Å². The number of benzene rings is 2. The molecule has 1 fully saturated rings. The van der Waals surface area contributed by atoms with E-state index in [1.54, 1.807) is 18.2 Å². The van der Waals surface area contributed by atoms with Gasteiger partial charge in [-0.2, -0.15) is 0 Å². The Morgan fingerprint density at radius 1 is 0.895 bits per heavy atom. The van der Waals surface area contributed by atoms with Crippen molar-refractivity contribution in [2.75, 3.05) is 34.0 Å². The second kappa shape index (κ2) is 13.9. The number of aliphatic hydroxyl groups is 6. The molecule has 1 aliphatic heterocycles. The highest BCUT2D eigenvalue weighted by atomic mass is 16.7. The normalized spacial score (nSPS) is 25.0. The number of aliphatic hydroxyl groups excluding tert-OH is 6. The van der Waals surface area contributed by atoms with Crippen molar-refractivity contribution in [3.8, 4) is 23.0 Å². The van der Waals surface area contributed by atoms with Crippen LogP contribution in [0.3, 0.4) is 0 Å². The lowest BCUT2D eigenvalue weighted by Gasteiger charge is -2.39. The predicted molar refractivity (Wildman–Crippen MR) is 132 cm³/mol. The number of methoxy groups -OCH3 is 2. The first-order valence-corrected chi connectivity index (χ1v) is 12.2. The van der Waals surface area contributed by atoms with Crippen LogP contribution in [0.25, 0.3) is 0 Å². The van der Waals surface area contributed by atoms with Crippen molar-refractivity contribution >= 4 is 0 Å². The SMILES string of the molecule is COc1cc([C@H](O)[C@@H](CO)Oc2ccc(CCCO[C@H]3O[C@@H](CO)[C@@H](O)[C@@H](O)[C@H]3O)cc2OC)ccc1O. The third-order valence-electron chi connectivity index (χ3n) is 6.32. The molecule has 0 amide bonds. The largest absolute Gasteiger partial charge is 0.504 e. The monoisotopic (exact) mass is 540 g/mol. The van der Waals surface area contributed by atoms with Crippen molar-refractivity contribution in [3.63, 3.8) is 0 Å². The summed E-state index contributed by atoms with van der Waals surface area (Å²) in [7, 11) is 2.85. The molecule has 3 rings (SSSR count). The first kappa shape index (κ1) is 29.9. The molecule has 1 aliphatic rings. The predicted octanol–water partition coefficient (Wildman–Crippen LogP) is -0.368. The molecule has 0 saturated carbocycles. The van der Waals surface area contributed by atoms with Crippen LogP contribution < -0.4 is 14.2 Å². The quantitative estimate of drug-likeness (QED) is 0.164. The highest BCUT2D eigenvalue weighted by Crippen LogP contribution is 2.34. The van der Waals surface area contributed by atoms with Crippen LogP contribution in [0.1, 0.15) is 23.7 Å². The molecule has 38 heavy (non-hydrogen) atoms. The highest BCUT2D eigenvalue weighted by molar-refractivity contribution is 5.44. The average Bonchev–Trinajstić information content (AvgIpc) is 2.94. The molecule has 7 atom stereocenters. The molecule has 212 valence electrons. The van der Waals surface area contributed by atoms with Crippen LogP contribution in [0.5, 0.6) is 23.0 Å². The number of hydrogen-bond donors (Lipinski definition) is 7. The minimum absolute atomic E-state index is 0.0826. The molecule has 1 heterocycles. The summed E-state index contributed by atoms with van der Waals surface area (Å²) >= 11 is 0. The third kappa shape index (κ3) is 7.04. The van der Waals surface area contributed by atoms with E-state index in [-0.39, 0.29) is 18.1 Å². The Labute approximate surface area is 220 Å². The number of rotatable bonds is 13. The van der Waals surface area contributed by atoms with Crippen molar-refractivity contribution in [2.45, 2.75) is 55.8 Å². The molecule has 0 radical (unpaired) electrons. The summed E-state index contributed by atoms with van der Waals surface area (Å²) in [4.78, 5) is 0. The second-order valence-corrected chi connectivity index (χ2v) is 8.87. The maximum atomic E-state index is 10.8. The lowest BCUT2D eigenvalue weighted by Crippen LogP contribution is -2.59. The molecule has 0 aromatic heterocycles. The van der Waals surface area contributed by atoms with Gasteiger partial charge in [0.05, 0.1) is 34.0 Å². The fraction of sp³-hybridized carbons (Fsp3) is 0.538. The molecule has 12 heteroatoms. The van der Waals surface area contributed by atoms with Crippen molar-refractivity contribution in [1.29, 1.82) is 0 Å². The van der Waals surface area contributed by atoms with E-state index in [1.807, 2.05) is 0 Å². The maximum absolute atomic E-state index is 10.8. The summed E-state index contributed by atoms with van der Waals surface area (Å²) in [5, 5.41) is 69.4. The number of aryl methyl sites for hydroxylation is 1. The Hall–Kier alpha value is -2.68. The summed E-state index contributed by atoms with van der Waals surface area (Å²) < 4.78 is 27.2. The summed E-state index contributed by atoms with van der Waals surface area (Å²) in [6.45, 7) is -0.862. The van der Waals surface area contributed by atoms with Crippen molar-refractivity contribution < 1.29 is 59.4 Å². The number of ether oxygens (including phenoxy) is 5. The second-order valence-electron chi connectivity index (χ2n) is 8.87. The van der Waals surface area contributed by atoms with E-state index in [2.05, 4.69) is 0 Å². The van der Waals surface area contributed by atoms with Crippen LogP contribution in [0.4, 0.5) is 0 Å². The van der Waals surface area contributed by atoms with Gasteiger partial charge in [0.15, 0.2) is 35.4 Å². The highest BCUT2D eigenvalue weighted by Gasteiger charge is 2.43. The van der Waals surface area contributed by atoms with E-state index in [1.165, 1.54) is 32.4 Å². The molecular formula is C26H36O12. The van der Waals surface area contributed by atoms with E-state index >= 15 is 0 Å². The lowest BCUT2D eigenvalue weighted by atomic mass is 9.99.